The third-order valence-electron chi connectivity index (χ3n) is 2.11. The fourth-order valence-corrected chi connectivity index (χ4v) is 2.05. The van der Waals surface area contributed by atoms with Gasteiger partial charge in [0, 0.05) is 5.75 Å². The number of aliphatic hydroxyl groups is 1. The van der Waals surface area contributed by atoms with E-state index in [4.69, 9.17) is 0 Å². The van der Waals surface area contributed by atoms with Crippen LogP contribution in [0.1, 0.15) is 18.6 Å². The molecule has 0 saturated heterocycles. The van der Waals surface area contributed by atoms with Gasteiger partial charge in [-0.05, 0) is 17.7 Å². The summed E-state index contributed by atoms with van der Waals surface area (Å²) in [5.41, 5.74) is 0.411. The highest BCUT2D eigenvalue weighted by Crippen LogP contribution is 2.15. The average Bonchev–Trinajstić information content (AvgIpc) is 2.18. The molecule has 0 aliphatic carbocycles. The van der Waals surface area contributed by atoms with Crippen LogP contribution in [0, 0.1) is 5.82 Å². The van der Waals surface area contributed by atoms with E-state index in [9.17, 15) is 17.9 Å². The van der Waals surface area contributed by atoms with Gasteiger partial charge in [-0.2, -0.15) is 0 Å². The van der Waals surface area contributed by atoms with Crippen LogP contribution in [0.2, 0.25) is 0 Å². The maximum absolute atomic E-state index is 12.6. The van der Waals surface area contributed by atoms with E-state index in [1.165, 1.54) is 31.2 Å². The summed E-state index contributed by atoms with van der Waals surface area (Å²) in [4.78, 5) is 0. The topological polar surface area (TPSA) is 54.4 Å². The second-order valence-electron chi connectivity index (χ2n) is 3.27. The minimum Gasteiger partial charge on any atom is -0.387 e. The Balaban J connectivity index is 2.78. The first-order chi connectivity index (χ1) is 6.94. The van der Waals surface area contributed by atoms with Crippen LogP contribution in [-0.4, -0.2) is 25.0 Å². The summed E-state index contributed by atoms with van der Waals surface area (Å²) in [6.07, 6.45) is -1.09. The van der Waals surface area contributed by atoms with Gasteiger partial charge in [0.2, 0.25) is 0 Å². The third kappa shape index (κ3) is 3.60. The van der Waals surface area contributed by atoms with Gasteiger partial charge in [0.05, 0.1) is 11.9 Å². The average molecular weight is 232 g/mol. The van der Waals surface area contributed by atoms with Gasteiger partial charge in [-0.3, -0.25) is 0 Å². The fraction of sp³-hybridized carbons (Fsp3) is 0.400. The molecule has 1 aromatic carbocycles. The van der Waals surface area contributed by atoms with Gasteiger partial charge in [0.25, 0.3) is 0 Å². The van der Waals surface area contributed by atoms with Crippen molar-refractivity contribution in [3.05, 3.63) is 35.6 Å². The van der Waals surface area contributed by atoms with Crippen molar-refractivity contribution in [1.82, 2.24) is 0 Å². The predicted molar refractivity (Wildman–Crippen MR) is 55.7 cm³/mol. The molecule has 0 saturated carbocycles. The molecule has 1 N–H and O–H groups in total. The van der Waals surface area contributed by atoms with Crippen molar-refractivity contribution in [2.24, 2.45) is 0 Å². The smallest absolute Gasteiger partial charge is 0.152 e. The quantitative estimate of drug-likeness (QED) is 0.851. The molecule has 0 aromatic heterocycles. The zero-order valence-corrected chi connectivity index (χ0v) is 9.17. The number of hydrogen-bond donors (Lipinski definition) is 1. The lowest BCUT2D eigenvalue weighted by molar-refractivity contribution is 0.201. The fourth-order valence-electron chi connectivity index (χ4n) is 1.14. The van der Waals surface area contributed by atoms with Crippen LogP contribution in [0.15, 0.2) is 24.3 Å². The van der Waals surface area contributed by atoms with Crippen LogP contribution in [0.25, 0.3) is 0 Å². The number of aliphatic hydroxyl groups excluding tert-OH is 1. The maximum Gasteiger partial charge on any atom is 0.152 e. The molecule has 0 aliphatic heterocycles. The van der Waals surface area contributed by atoms with Gasteiger partial charge in [-0.15, -0.1) is 0 Å². The lowest BCUT2D eigenvalue weighted by atomic mass is 10.1. The van der Waals surface area contributed by atoms with Crippen LogP contribution in [0.3, 0.4) is 0 Å². The molecule has 3 nitrogen and oxygen atoms in total. The summed E-state index contributed by atoms with van der Waals surface area (Å²) in [5, 5.41) is 9.58. The lowest BCUT2D eigenvalue weighted by Gasteiger charge is -2.10. The molecule has 5 heteroatoms. The predicted octanol–water partition coefficient (Wildman–Crippen LogP) is 1.29. The lowest BCUT2D eigenvalue weighted by Crippen LogP contribution is -2.16. The number of hydrogen-bond acceptors (Lipinski definition) is 3. The van der Waals surface area contributed by atoms with Gasteiger partial charge >= 0.3 is 0 Å². The first-order valence-electron chi connectivity index (χ1n) is 4.58. The number of sulfone groups is 1. The van der Waals surface area contributed by atoms with Crippen molar-refractivity contribution in [3.63, 3.8) is 0 Å². The van der Waals surface area contributed by atoms with Gasteiger partial charge < -0.3 is 5.11 Å². The molecule has 84 valence electrons. The highest BCUT2D eigenvalue weighted by Gasteiger charge is 2.16. The molecule has 0 aliphatic rings. The van der Waals surface area contributed by atoms with Crippen molar-refractivity contribution in [2.75, 3.05) is 11.5 Å². The van der Waals surface area contributed by atoms with E-state index < -0.39 is 21.8 Å². The van der Waals surface area contributed by atoms with Gasteiger partial charge in [0.1, 0.15) is 5.82 Å². The van der Waals surface area contributed by atoms with Gasteiger partial charge in [0.15, 0.2) is 9.84 Å². The Kier molecular flexibility index (Phi) is 3.82. The molecule has 0 bridgehead atoms. The molecule has 0 spiro atoms. The van der Waals surface area contributed by atoms with Gasteiger partial charge in [-0.25, -0.2) is 12.8 Å². The van der Waals surface area contributed by atoms with E-state index in [-0.39, 0.29) is 11.5 Å². The van der Waals surface area contributed by atoms with Crippen molar-refractivity contribution in [3.8, 4) is 0 Å². The van der Waals surface area contributed by atoms with E-state index in [2.05, 4.69) is 0 Å². The van der Waals surface area contributed by atoms with Crippen LogP contribution in [-0.2, 0) is 9.84 Å². The number of halogens is 1. The second-order valence-corrected chi connectivity index (χ2v) is 5.66. The SMILES string of the molecule is CCS(=O)(=O)CC(O)c1ccc(F)cc1. The molecule has 0 amide bonds. The Morgan fingerprint density at radius 3 is 2.33 bits per heavy atom. The van der Waals surface area contributed by atoms with Crippen LogP contribution < -0.4 is 0 Å². The first-order valence-corrected chi connectivity index (χ1v) is 6.40. The summed E-state index contributed by atoms with van der Waals surface area (Å²) < 4.78 is 35.0. The monoisotopic (exact) mass is 232 g/mol. The summed E-state index contributed by atoms with van der Waals surface area (Å²) in [6, 6.07) is 5.14. The molecule has 15 heavy (non-hydrogen) atoms. The van der Waals surface area contributed by atoms with Crippen LogP contribution in [0.4, 0.5) is 4.39 Å². The molecular weight excluding hydrogens is 219 g/mol. The molecule has 1 unspecified atom stereocenters. The molecule has 0 heterocycles. The standard InChI is InChI=1S/C10H13FO3S/c1-2-15(13,14)7-10(12)8-3-5-9(11)6-4-8/h3-6,10,12H,2,7H2,1H3. The van der Waals surface area contributed by atoms with E-state index in [0.717, 1.165) is 0 Å². The number of benzene rings is 1. The van der Waals surface area contributed by atoms with E-state index in [1.54, 1.807) is 0 Å². The summed E-state index contributed by atoms with van der Waals surface area (Å²) in [6.45, 7) is 1.52. The number of rotatable bonds is 4. The van der Waals surface area contributed by atoms with Crippen molar-refractivity contribution in [1.29, 1.82) is 0 Å². The van der Waals surface area contributed by atoms with Crippen LogP contribution >= 0.6 is 0 Å². The van der Waals surface area contributed by atoms with E-state index in [0.29, 0.717) is 5.56 Å². The Morgan fingerprint density at radius 2 is 1.87 bits per heavy atom. The minimum atomic E-state index is -3.22. The summed E-state index contributed by atoms with van der Waals surface area (Å²) in [7, 11) is -3.22. The zero-order valence-electron chi connectivity index (χ0n) is 8.35. The van der Waals surface area contributed by atoms with Gasteiger partial charge in [-0.1, -0.05) is 19.1 Å². The molecular formula is C10H13FO3S. The summed E-state index contributed by atoms with van der Waals surface area (Å²) >= 11 is 0. The minimum absolute atomic E-state index is 0.00868. The third-order valence-corrected chi connectivity index (χ3v) is 3.81. The van der Waals surface area contributed by atoms with E-state index in [1.807, 2.05) is 0 Å². The normalized spacial score (nSPS) is 13.8. The summed E-state index contributed by atoms with van der Waals surface area (Å²) in [5.74, 6) is -0.746. The van der Waals surface area contributed by atoms with E-state index >= 15 is 0 Å². The Morgan fingerprint density at radius 1 is 1.33 bits per heavy atom. The molecule has 1 rings (SSSR count). The van der Waals surface area contributed by atoms with Crippen molar-refractivity contribution < 1.29 is 17.9 Å². The van der Waals surface area contributed by atoms with Crippen LogP contribution in [0.5, 0.6) is 0 Å². The largest absolute Gasteiger partial charge is 0.387 e. The highest BCUT2D eigenvalue weighted by atomic mass is 32.2. The van der Waals surface area contributed by atoms with Crippen molar-refractivity contribution >= 4 is 9.84 Å². The highest BCUT2D eigenvalue weighted by molar-refractivity contribution is 7.91. The Hall–Kier alpha value is -0.940. The van der Waals surface area contributed by atoms with Crippen molar-refractivity contribution in [2.45, 2.75) is 13.0 Å². The second kappa shape index (κ2) is 4.72. The Labute approximate surface area is 88.5 Å². The Bertz CT molecular complexity index is 411. The first kappa shape index (κ1) is 12.1. The molecule has 1 atom stereocenters. The maximum atomic E-state index is 12.6. The zero-order chi connectivity index (χ0) is 11.5. The molecule has 0 fully saturated rings. The molecule has 0 radical (unpaired) electrons. The molecule has 1 aromatic rings.